The second kappa shape index (κ2) is 5.54. The van der Waals surface area contributed by atoms with E-state index in [1.54, 1.807) is 6.20 Å². The lowest BCUT2D eigenvalue weighted by molar-refractivity contribution is 0.763. The minimum Gasteiger partial charge on any atom is -0.365 e. The number of nitrogens with one attached hydrogen (secondary N) is 2. The van der Waals surface area contributed by atoms with Gasteiger partial charge in [0.05, 0.1) is 11.6 Å². The number of rotatable bonds is 4. The van der Waals surface area contributed by atoms with Crippen molar-refractivity contribution in [3.05, 3.63) is 11.5 Å². The summed E-state index contributed by atoms with van der Waals surface area (Å²) in [6, 6.07) is 0.453. The summed E-state index contributed by atoms with van der Waals surface area (Å²) in [5.41, 5.74) is 0.681. The van der Waals surface area contributed by atoms with Crippen LogP contribution in [-0.2, 0) is 0 Å². The first kappa shape index (κ1) is 13.0. The van der Waals surface area contributed by atoms with Gasteiger partial charge in [0.15, 0.2) is 5.65 Å². The standard InChI is InChI=1S/C12H16ClN5S/c1-2-19-9-5-3-4-8(9)15-10-7-6-14-18-11(7)17-12(13)16-10/h6,8-9H,2-5H2,1H3,(H2,14,15,16,17,18). The van der Waals surface area contributed by atoms with Gasteiger partial charge >= 0.3 is 0 Å². The second-order valence-electron chi connectivity index (χ2n) is 4.65. The molecule has 0 amide bonds. The second-order valence-corrected chi connectivity index (χ2v) is 6.50. The number of thioether (sulfide) groups is 1. The van der Waals surface area contributed by atoms with Crippen molar-refractivity contribution in [2.24, 2.45) is 0 Å². The van der Waals surface area contributed by atoms with Crippen molar-refractivity contribution in [2.45, 2.75) is 37.5 Å². The Labute approximate surface area is 120 Å². The molecule has 0 bridgehead atoms. The normalized spacial score (nSPS) is 23.1. The summed E-state index contributed by atoms with van der Waals surface area (Å²) in [5.74, 6) is 1.94. The zero-order valence-corrected chi connectivity index (χ0v) is 12.3. The van der Waals surface area contributed by atoms with Gasteiger partial charge in [0, 0.05) is 11.3 Å². The lowest BCUT2D eigenvalue weighted by Gasteiger charge is -2.20. The third kappa shape index (κ3) is 2.65. The number of nitrogens with zero attached hydrogens (tertiary/aromatic N) is 3. The maximum Gasteiger partial charge on any atom is 0.226 e. The van der Waals surface area contributed by atoms with E-state index in [0.717, 1.165) is 17.0 Å². The van der Waals surface area contributed by atoms with E-state index in [4.69, 9.17) is 11.6 Å². The van der Waals surface area contributed by atoms with Gasteiger partial charge < -0.3 is 5.32 Å². The highest BCUT2D eigenvalue weighted by Gasteiger charge is 2.28. The highest BCUT2D eigenvalue weighted by atomic mass is 35.5. The molecule has 1 aliphatic rings. The number of aromatic amines is 1. The molecular formula is C12H16ClN5S. The fourth-order valence-corrected chi connectivity index (χ4v) is 3.96. The molecule has 0 aliphatic heterocycles. The monoisotopic (exact) mass is 297 g/mol. The summed E-state index contributed by atoms with van der Waals surface area (Å²) in [7, 11) is 0. The topological polar surface area (TPSA) is 66.5 Å². The molecule has 2 atom stereocenters. The molecular weight excluding hydrogens is 282 g/mol. The fourth-order valence-electron chi connectivity index (χ4n) is 2.60. The molecule has 19 heavy (non-hydrogen) atoms. The van der Waals surface area contributed by atoms with Gasteiger partial charge in [-0.15, -0.1) is 0 Å². The van der Waals surface area contributed by atoms with Crippen LogP contribution in [0.25, 0.3) is 11.0 Å². The number of H-pyrrole nitrogens is 1. The van der Waals surface area contributed by atoms with Crippen LogP contribution in [0.1, 0.15) is 26.2 Å². The van der Waals surface area contributed by atoms with Gasteiger partial charge in [-0.05, 0) is 30.2 Å². The van der Waals surface area contributed by atoms with E-state index in [1.165, 1.54) is 19.3 Å². The van der Waals surface area contributed by atoms with Gasteiger partial charge in [0.25, 0.3) is 0 Å². The van der Waals surface area contributed by atoms with Crippen molar-refractivity contribution in [3.8, 4) is 0 Å². The van der Waals surface area contributed by atoms with Gasteiger partial charge in [-0.2, -0.15) is 26.8 Å². The van der Waals surface area contributed by atoms with E-state index >= 15 is 0 Å². The van der Waals surface area contributed by atoms with E-state index in [1.807, 2.05) is 11.8 Å². The maximum atomic E-state index is 5.95. The van der Waals surface area contributed by atoms with Gasteiger partial charge in [-0.3, -0.25) is 5.10 Å². The van der Waals surface area contributed by atoms with Gasteiger partial charge in [-0.1, -0.05) is 13.3 Å². The van der Waals surface area contributed by atoms with Crippen LogP contribution in [0.3, 0.4) is 0 Å². The first-order chi connectivity index (χ1) is 9.28. The zero-order valence-electron chi connectivity index (χ0n) is 10.7. The molecule has 7 heteroatoms. The number of hydrogen-bond acceptors (Lipinski definition) is 5. The summed E-state index contributed by atoms with van der Waals surface area (Å²) in [4.78, 5) is 8.42. The average Bonchev–Trinajstić information content (AvgIpc) is 2.99. The van der Waals surface area contributed by atoms with Crippen molar-refractivity contribution in [2.75, 3.05) is 11.1 Å². The molecule has 1 fully saturated rings. The zero-order chi connectivity index (χ0) is 13.2. The predicted molar refractivity (Wildman–Crippen MR) is 79.9 cm³/mol. The molecule has 0 spiro atoms. The van der Waals surface area contributed by atoms with Gasteiger partial charge in [-0.25, -0.2) is 0 Å². The Bertz CT molecular complexity index is 572. The van der Waals surface area contributed by atoms with Crippen LogP contribution in [-0.4, -0.2) is 37.2 Å². The van der Waals surface area contributed by atoms with Crippen molar-refractivity contribution in [3.63, 3.8) is 0 Å². The third-order valence-electron chi connectivity index (χ3n) is 3.44. The molecule has 3 rings (SSSR count). The highest BCUT2D eigenvalue weighted by molar-refractivity contribution is 7.99. The van der Waals surface area contributed by atoms with Crippen LogP contribution in [0.2, 0.25) is 5.28 Å². The van der Waals surface area contributed by atoms with E-state index in [0.29, 0.717) is 16.9 Å². The Balaban J connectivity index is 1.86. The summed E-state index contributed by atoms with van der Waals surface area (Å²) in [6.07, 6.45) is 5.45. The SMILES string of the molecule is CCSC1CCCC1Nc1nc(Cl)nc2[nH]ncc12. The smallest absolute Gasteiger partial charge is 0.226 e. The highest BCUT2D eigenvalue weighted by Crippen LogP contribution is 2.33. The minimum absolute atomic E-state index is 0.247. The Morgan fingerprint density at radius 1 is 1.47 bits per heavy atom. The lowest BCUT2D eigenvalue weighted by Crippen LogP contribution is -2.26. The Kier molecular flexibility index (Phi) is 3.79. The van der Waals surface area contributed by atoms with E-state index in [9.17, 15) is 0 Å². The average molecular weight is 298 g/mol. The first-order valence-electron chi connectivity index (χ1n) is 6.52. The van der Waals surface area contributed by atoms with Crippen LogP contribution < -0.4 is 5.32 Å². The van der Waals surface area contributed by atoms with Crippen LogP contribution >= 0.6 is 23.4 Å². The number of hydrogen-bond donors (Lipinski definition) is 2. The maximum absolute atomic E-state index is 5.95. The number of aromatic nitrogens is 4. The van der Waals surface area contributed by atoms with Gasteiger partial charge in [0.1, 0.15) is 5.82 Å². The van der Waals surface area contributed by atoms with Crippen LogP contribution in [0.5, 0.6) is 0 Å². The molecule has 1 saturated carbocycles. The molecule has 0 radical (unpaired) electrons. The molecule has 102 valence electrons. The lowest BCUT2D eigenvalue weighted by atomic mass is 10.2. The molecule has 1 aliphatic carbocycles. The van der Waals surface area contributed by atoms with E-state index in [-0.39, 0.29) is 5.28 Å². The van der Waals surface area contributed by atoms with Crippen molar-refractivity contribution >= 4 is 40.2 Å². The summed E-state index contributed by atoms with van der Waals surface area (Å²) in [5, 5.41) is 12.2. The number of halogens is 1. The first-order valence-corrected chi connectivity index (χ1v) is 7.95. The Hall–Kier alpha value is -1.01. The van der Waals surface area contributed by atoms with Crippen molar-refractivity contribution in [1.82, 2.24) is 20.2 Å². The Morgan fingerprint density at radius 3 is 3.21 bits per heavy atom. The minimum atomic E-state index is 0.247. The summed E-state index contributed by atoms with van der Waals surface area (Å²) < 4.78 is 0. The molecule has 0 aromatic carbocycles. The van der Waals surface area contributed by atoms with Crippen LogP contribution in [0.15, 0.2) is 6.20 Å². The molecule has 5 nitrogen and oxygen atoms in total. The number of fused-ring (bicyclic) bond motifs is 1. The molecule has 2 unspecified atom stereocenters. The Morgan fingerprint density at radius 2 is 2.37 bits per heavy atom. The third-order valence-corrected chi connectivity index (χ3v) is 4.93. The van der Waals surface area contributed by atoms with Crippen LogP contribution in [0, 0.1) is 0 Å². The molecule has 2 aromatic rings. The van der Waals surface area contributed by atoms with Crippen LogP contribution in [0.4, 0.5) is 5.82 Å². The van der Waals surface area contributed by atoms with E-state index in [2.05, 4.69) is 32.4 Å². The largest absolute Gasteiger partial charge is 0.365 e. The molecule has 2 heterocycles. The fraction of sp³-hybridized carbons (Fsp3) is 0.583. The predicted octanol–water partition coefficient (Wildman–Crippen LogP) is 3.09. The summed E-state index contributed by atoms with van der Waals surface area (Å²) >= 11 is 7.96. The van der Waals surface area contributed by atoms with E-state index < -0.39 is 0 Å². The molecule has 0 saturated heterocycles. The number of anilines is 1. The quantitative estimate of drug-likeness (QED) is 0.849. The van der Waals surface area contributed by atoms with Gasteiger partial charge in [0.2, 0.25) is 5.28 Å². The molecule has 2 aromatic heterocycles. The van der Waals surface area contributed by atoms with Crippen molar-refractivity contribution < 1.29 is 0 Å². The summed E-state index contributed by atoms with van der Waals surface area (Å²) in [6.45, 7) is 2.20. The molecule has 2 N–H and O–H groups in total. The van der Waals surface area contributed by atoms with Crippen molar-refractivity contribution in [1.29, 1.82) is 0 Å².